The first kappa shape index (κ1) is 10.8. The number of hydrogen-bond donors (Lipinski definition) is 1. The Balaban J connectivity index is 2.13. The second kappa shape index (κ2) is 3.84. The van der Waals surface area contributed by atoms with Crippen LogP contribution in [-0.4, -0.2) is 26.0 Å². The van der Waals surface area contributed by atoms with E-state index in [2.05, 4.69) is 30.4 Å². The second-order valence-corrected chi connectivity index (χ2v) is 5.17. The largest absolute Gasteiger partial charge is 0.316 e. The highest BCUT2D eigenvalue weighted by Gasteiger charge is 2.39. The van der Waals surface area contributed by atoms with Crippen LogP contribution in [0.5, 0.6) is 0 Å². The van der Waals surface area contributed by atoms with Gasteiger partial charge in [0.15, 0.2) is 0 Å². The van der Waals surface area contributed by atoms with Crippen LogP contribution in [0.15, 0.2) is 18.2 Å². The van der Waals surface area contributed by atoms with E-state index in [9.17, 15) is 4.79 Å². The lowest BCUT2D eigenvalue weighted by atomic mass is 9.76. The Labute approximate surface area is 102 Å². The first-order chi connectivity index (χ1) is 8.18. The zero-order valence-electron chi connectivity index (χ0n) is 10.4. The Morgan fingerprint density at radius 1 is 1.35 bits per heavy atom. The summed E-state index contributed by atoms with van der Waals surface area (Å²) in [6.07, 6.45) is 0.960. The molecule has 0 bridgehead atoms. The van der Waals surface area contributed by atoms with E-state index in [0.717, 1.165) is 25.2 Å². The summed E-state index contributed by atoms with van der Waals surface area (Å²) in [5.41, 5.74) is 3.70. The molecule has 3 nitrogen and oxygen atoms in total. The molecule has 1 aromatic carbocycles. The van der Waals surface area contributed by atoms with E-state index in [4.69, 9.17) is 0 Å². The van der Waals surface area contributed by atoms with Gasteiger partial charge in [0, 0.05) is 31.1 Å². The number of rotatable bonds is 0. The fraction of sp³-hybridized carbons (Fsp3) is 0.500. The van der Waals surface area contributed by atoms with Crippen molar-refractivity contribution in [2.45, 2.75) is 19.3 Å². The summed E-state index contributed by atoms with van der Waals surface area (Å²) in [5, 5.41) is 3.41. The van der Waals surface area contributed by atoms with Crippen LogP contribution in [0.3, 0.4) is 0 Å². The summed E-state index contributed by atoms with van der Waals surface area (Å²) in [7, 11) is 1.90. The van der Waals surface area contributed by atoms with Gasteiger partial charge in [-0.15, -0.1) is 0 Å². The number of nitrogens with zero attached hydrogens (tertiary/aromatic N) is 1. The highest BCUT2D eigenvalue weighted by Crippen LogP contribution is 2.41. The minimum absolute atomic E-state index is 0.176. The number of aryl methyl sites for hydroxylation is 1. The summed E-state index contributed by atoms with van der Waals surface area (Å²) < 4.78 is 0. The highest BCUT2D eigenvalue weighted by molar-refractivity contribution is 5.98. The SMILES string of the molecule is Cc1ccc2c(c1)C1CNCCC1C(=O)N2C. The lowest BCUT2D eigenvalue weighted by Gasteiger charge is -2.40. The molecule has 0 aliphatic carbocycles. The molecule has 0 aromatic heterocycles. The number of anilines is 1. The van der Waals surface area contributed by atoms with Crippen molar-refractivity contribution in [3.8, 4) is 0 Å². The fourth-order valence-corrected chi connectivity index (χ4v) is 3.12. The van der Waals surface area contributed by atoms with E-state index >= 15 is 0 Å². The molecule has 2 unspecified atom stereocenters. The van der Waals surface area contributed by atoms with Gasteiger partial charge < -0.3 is 10.2 Å². The van der Waals surface area contributed by atoms with Crippen LogP contribution in [0.25, 0.3) is 0 Å². The Morgan fingerprint density at radius 3 is 3.00 bits per heavy atom. The van der Waals surface area contributed by atoms with Gasteiger partial charge in [-0.1, -0.05) is 17.7 Å². The summed E-state index contributed by atoms with van der Waals surface area (Å²) in [6, 6.07) is 6.40. The number of hydrogen-bond acceptors (Lipinski definition) is 2. The molecular weight excluding hydrogens is 212 g/mol. The maximum absolute atomic E-state index is 12.3. The van der Waals surface area contributed by atoms with Crippen molar-refractivity contribution in [3.63, 3.8) is 0 Å². The van der Waals surface area contributed by atoms with Crippen molar-refractivity contribution < 1.29 is 4.79 Å². The lowest BCUT2D eigenvalue weighted by Crippen LogP contribution is -2.48. The molecule has 1 aromatic rings. The zero-order valence-corrected chi connectivity index (χ0v) is 10.4. The molecule has 3 rings (SSSR count). The van der Waals surface area contributed by atoms with Gasteiger partial charge in [0.05, 0.1) is 0 Å². The van der Waals surface area contributed by atoms with Gasteiger partial charge in [-0.25, -0.2) is 0 Å². The van der Waals surface area contributed by atoms with Gasteiger partial charge in [-0.2, -0.15) is 0 Å². The molecule has 0 saturated carbocycles. The van der Waals surface area contributed by atoms with Crippen LogP contribution in [0, 0.1) is 12.8 Å². The third-order valence-electron chi connectivity index (χ3n) is 4.07. The van der Waals surface area contributed by atoms with Crippen LogP contribution in [-0.2, 0) is 4.79 Å². The number of benzene rings is 1. The number of nitrogens with one attached hydrogen (secondary N) is 1. The van der Waals surface area contributed by atoms with Gasteiger partial charge in [-0.05, 0) is 31.5 Å². The number of amides is 1. The van der Waals surface area contributed by atoms with Crippen molar-refractivity contribution >= 4 is 11.6 Å². The standard InChI is InChI=1S/C14H18N2O/c1-9-3-4-13-11(7-9)12-8-15-6-5-10(12)14(17)16(13)2/h3-4,7,10,12,15H,5-6,8H2,1-2H3. The summed E-state index contributed by atoms with van der Waals surface area (Å²) in [6.45, 7) is 4.00. The quantitative estimate of drug-likeness (QED) is 0.735. The monoisotopic (exact) mass is 230 g/mol. The van der Waals surface area contributed by atoms with E-state index in [1.54, 1.807) is 0 Å². The molecule has 1 fully saturated rings. The minimum atomic E-state index is 0.176. The van der Waals surface area contributed by atoms with Crippen molar-refractivity contribution in [2.24, 2.45) is 5.92 Å². The Bertz CT molecular complexity index is 469. The maximum atomic E-state index is 12.3. The number of carbonyl (C=O) groups excluding carboxylic acids is 1. The molecule has 0 radical (unpaired) electrons. The first-order valence-corrected chi connectivity index (χ1v) is 6.27. The Kier molecular flexibility index (Phi) is 2.44. The van der Waals surface area contributed by atoms with Crippen LogP contribution < -0.4 is 10.2 Å². The van der Waals surface area contributed by atoms with Gasteiger partial charge in [0.25, 0.3) is 0 Å². The second-order valence-electron chi connectivity index (χ2n) is 5.17. The van der Waals surface area contributed by atoms with E-state index in [1.807, 2.05) is 11.9 Å². The topological polar surface area (TPSA) is 32.3 Å². The maximum Gasteiger partial charge on any atom is 0.230 e. The Hall–Kier alpha value is -1.35. The molecular formula is C14H18N2O. The smallest absolute Gasteiger partial charge is 0.230 e. The molecule has 3 heteroatoms. The molecule has 1 N–H and O–H groups in total. The van der Waals surface area contributed by atoms with Crippen molar-refractivity contribution in [2.75, 3.05) is 25.0 Å². The van der Waals surface area contributed by atoms with Gasteiger partial charge >= 0.3 is 0 Å². The summed E-state index contributed by atoms with van der Waals surface area (Å²) >= 11 is 0. The molecule has 0 spiro atoms. The van der Waals surface area contributed by atoms with E-state index in [1.165, 1.54) is 11.1 Å². The van der Waals surface area contributed by atoms with Crippen molar-refractivity contribution in [1.82, 2.24) is 5.32 Å². The van der Waals surface area contributed by atoms with Crippen LogP contribution in [0.4, 0.5) is 5.69 Å². The van der Waals surface area contributed by atoms with Crippen LogP contribution >= 0.6 is 0 Å². The average molecular weight is 230 g/mol. The predicted molar refractivity (Wildman–Crippen MR) is 68.3 cm³/mol. The first-order valence-electron chi connectivity index (χ1n) is 6.27. The predicted octanol–water partition coefficient (Wildman–Crippen LogP) is 1.66. The molecule has 2 aliphatic rings. The van der Waals surface area contributed by atoms with Gasteiger partial charge in [0.2, 0.25) is 5.91 Å². The summed E-state index contributed by atoms with van der Waals surface area (Å²) in [4.78, 5) is 14.1. The minimum Gasteiger partial charge on any atom is -0.316 e. The van der Waals surface area contributed by atoms with Gasteiger partial charge in [-0.3, -0.25) is 4.79 Å². The zero-order chi connectivity index (χ0) is 12.0. The normalized spacial score (nSPS) is 27.6. The number of carbonyl (C=O) groups is 1. The van der Waals surface area contributed by atoms with E-state index in [-0.39, 0.29) is 11.8 Å². The number of fused-ring (bicyclic) bond motifs is 3. The molecule has 2 heterocycles. The van der Waals surface area contributed by atoms with Gasteiger partial charge in [0.1, 0.15) is 0 Å². The highest BCUT2D eigenvalue weighted by atomic mass is 16.2. The van der Waals surface area contributed by atoms with Crippen LogP contribution in [0.1, 0.15) is 23.5 Å². The summed E-state index contributed by atoms with van der Waals surface area (Å²) in [5.74, 6) is 0.825. The van der Waals surface area contributed by atoms with Crippen molar-refractivity contribution in [3.05, 3.63) is 29.3 Å². The van der Waals surface area contributed by atoms with Crippen LogP contribution in [0.2, 0.25) is 0 Å². The van der Waals surface area contributed by atoms with E-state index in [0.29, 0.717) is 5.92 Å². The average Bonchev–Trinajstić information content (AvgIpc) is 2.36. The molecule has 1 saturated heterocycles. The van der Waals surface area contributed by atoms with E-state index < -0.39 is 0 Å². The third-order valence-corrected chi connectivity index (χ3v) is 4.07. The molecule has 90 valence electrons. The Morgan fingerprint density at radius 2 is 2.18 bits per heavy atom. The lowest BCUT2D eigenvalue weighted by molar-refractivity contribution is -0.123. The molecule has 2 atom stereocenters. The van der Waals surface area contributed by atoms with Crippen molar-refractivity contribution in [1.29, 1.82) is 0 Å². The number of piperidine rings is 1. The third kappa shape index (κ3) is 1.57. The molecule has 17 heavy (non-hydrogen) atoms. The molecule has 2 aliphatic heterocycles. The fourth-order valence-electron chi connectivity index (χ4n) is 3.12. The molecule has 1 amide bonds.